The third-order valence-corrected chi connectivity index (χ3v) is 12.3. The highest BCUT2D eigenvalue weighted by atomic mass is 35.5. The Balaban J connectivity index is 1.16. The van der Waals surface area contributed by atoms with E-state index in [1.807, 2.05) is 6.07 Å². The fourth-order valence-electron chi connectivity index (χ4n) is 8.47. The zero-order chi connectivity index (χ0) is 51.4. The minimum Gasteiger partial charge on any atom is -0.497 e. The molecule has 0 radical (unpaired) electrons. The van der Waals surface area contributed by atoms with Crippen molar-refractivity contribution in [1.29, 1.82) is 0 Å². The number of hydrogen-bond acceptors (Lipinski definition) is 17. The van der Waals surface area contributed by atoms with Gasteiger partial charge in [-0.15, -0.1) is 11.6 Å². The molecule has 18 heteroatoms. The van der Waals surface area contributed by atoms with E-state index in [0.717, 1.165) is 0 Å². The SMILES string of the molecule is COc1ccc(O[C@@H]2O[C@H](COC(=O)c3ccccc3)[C@@H](O[C@H]3O[C@@H]4COC(c5ccccc5)O[C@@H]4[C@H](OC(=O)CCl)[C@H]3OC(=O)c3ccccc3)[C@H](OC(=O)c3ccccc3)[C@H]2OC(=O)c2ccccc2)cc1. The third kappa shape index (κ3) is 12.4. The lowest BCUT2D eigenvalue weighted by atomic mass is 9.95. The predicted molar refractivity (Wildman–Crippen MR) is 260 cm³/mol. The Labute approximate surface area is 429 Å². The van der Waals surface area contributed by atoms with Crippen molar-refractivity contribution in [2.45, 2.75) is 67.7 Å². The Hall–Kier alpha value is -7.64. The van der Waals surface area contributed by atoms with Gasteiger partial charge in [0, 0.05) is 5.56 Å². The van der Waals surface area contributed by atoms with Gasteiger partial charge in [-0.3, -0.25) is 4.79 Å². The van der Waals surface area contributed by atoms with Gasteiger partial charge >= 0.3 is 29.8 Å². The minimum atomic E-state index is -1.78. The summed E-state index contributed by atoms with van der Waals surface area (Å²) >= 11 is 6.07. The maximum absolute atomic E-state index is 14.5. The molecule has 0 N–H and O–H groups in total. The number of ether oxygens (including phenoxy) is 12. The molecule has 3 fully saturated rings. The molecule has 6 aromatic carbocycles. The van der Waals surface area contributed by atoms with Crippen LogP contribution in [0.3, 0.4) is 0 Å². The van der Waals surface area contributed by atoms with Crippen molar-refractivity contribution in [3.63, 3.8) is 0 Å². The highest BCUT2D eigenvalue weighted by molar-refractivity contribution is 6.26. The quantitative estimate of drug-likeness (QED) is 0.0489. The molecule has 74 heavy (non-hydrogen) atoms. The summed E-state index contributed by atoms with van der Waals surface area (Å²) in [6.07, 6.45) is -16.4. The monoisotopic (exact) mass is 1030 g/mol. The Kier molecular flexibility index (Phi) is 16.9. The Morgan fingerprint density at radius 2 is 0.973 bits per heavy atom. The van der Waals surface area contributed by atoms with Gasteiger partial charge in [-0.05, 0) is 72.8 Å². The topological polar surface area (TPSA) is 196 Å². The van der Waals surface area contributed by atoms with Gasteiger partial charge in [0.2, 0.25) is 12.4 Å². The van der Waals surface area contributed by atoms with E-state index >= 15 is 0 Å². The first-order valence-corrected chi connectivity index (χ1v) is 24.0. The molecule has 9 rings (SSSR count). The van der Waals surface area contributed by atoms with Gasteiger partial charge in [-0.25, -0.2) is 19.2 Å². The lowest BCUT2D eigenvalue weighted by Gasteiger charge is -2.50. The maximum atomic E-state index is 14.5. The highest BCUT2D eigenvalue weighted by Gasteiger charge is 2.59. The van der Waals surface area contributed by atoms with Gasteiger partial charge in [-0.1, -0.05) is 103 Å². The zero-order valence-corrected chi connectivity index (χ0v) is 40.3. The average molecular weight is 1030 g/mol. The van der Waals surface area contributed by atoms with Crippen LogP contribution in [0.4, 0.5) is 0 Å². The second-order valence-electron chi connectivity index (χ2n) is 16.9. The van der Waals surface area contributed by atoms with Gasteiger partial charge in [0.15, 0.2) is 30.9 Å². The van der Waals surface area contributed by atoms with E-state index < -0.39 is 110 Å². The van der Waals surface area contributed by atoms with Crippen LogP contribution in [0.15, 0.2) is 176 Å². The lowest BCUT2D eigenvalue weighted by Crippen LogP contribution is -2.68. The van der Waals surface area contributed by atoms with Crippen LogP contribution in [-0.2, 0) is 52.2 Å². The molecule has 3 saturated heterocycles. The first-order chi connectivity index (χ1) is 36.1. The summed E-state index contributed by atoms with van der Waals surface area (Å²) < 4.78 is 75.6. The number of benzene rings is 6. The van der Waals surface area contributed by atoms with Crippen LogP contribution in [0.2, 0.25) is 0 Å². The standard InChI is InChI=1S/C56H49ClO17/c1-63-39-27-29-40(30-28-39)66-55-49(72-53(62)37-23-13-5-14-24-37)47(70-51(60)35-19-9-3-10-20-35)45(41(67-55)32-64-50(59)34-17-7-2-8-18-34)74-56-48(71-52(61)36-21-11-4-12-22-36)46(69-43(58)31-57)44-42(68-56)33-65-54(73-44)38-25-15-6-16-26-38/h2-30,41-42,44-49,54-56H,31-33H2,1H3/t41-,42-,44+,45-,46+,47+,48-,49-,54?,55-,56-/m1/s1. The van der Waals surface area contributed by atoms with E-state index in [0.29, 0.717) is 11.3 Å². The third-order valence-electron chi connectivity index (χ3n) is 12.1. The van der Waals surface area contributed by atoms with Crippen molar-refractivity contribution in [3.05, 3.63) is 204 Å². The van der Waals surface area contributed by atoms with Crippen LogP contribution in [0.5, 0.6) is 11.5 Å². The molecule has 11 atom stereocenters. The van der Waals surface area contributed by atoms with Crippen LogP contribution in [0.1, 0.15) is 53.3 Å². The highest BCUT2D eigenvalue weighted by Crippen LogP contribution is 2.40. The molecular weight excluding hydrogens is 980 g/mol. The summed E-state index contributed by atoms with van der Waals surface area (Å²) in [5, 5.41) is 0. The number of methoxy groups -OCH3 is 1. The molecule has 3 aliphatic heterocycles. The van der Waals surface area contributed by atoms with E-state index in [4.69, 9.17) is 68.4 Å². The van der Waals surface area contributed by atoms with Crippen molar-refractivity contribution < 1.29 is 80.8 Å². The second-order valence-corrected chi connectivity index (χ2v) is 17.2. The van der Waals surface area contributed by atoms with Gasteiger partial charge in [0.1, 0.15) is 48.4 Å². The summed E-state index contributed by atoms with van der Waals surface area (Å²) in [7, 11) is 1.50. The number of hydrogen-bond donors (Lipinski definition) is 0. The van der Waals surface area contributed by atoms with E-state index in [1.54, 1.807) is 133 Å². The first-order valence-electron chi connectivity index (χ1n) is 23.5. The van der Waals surface area contributed by atoms with Crippen molar-refractivity contribution in [2.24, 2.45) is 0 Å². The summed E-state index contributed by atoms with van der Waals surface area (Å²) in [6.45, 7) is -0.776. The number of fused-ring (bicyclic) bond motifs is 1. The summed E-state index contributed by atoms with van der Waals surface area (Å²) in [5.74, 6) is -4.23. The van der Waals surface area contributed by atoms with Crippen LogP contribution in [0.25, 0.3) is 0 Å². The Morgan fingerprint density at radius 1 is 0.500 bits per heavy atom. The van der Waals surface area contributed by atoms with Crippen LogP contribution in [-0.4, -0.2) is 117 Å². The van der Waals surface area contributed by atoms with Gasteiger partial charge in [-0.2, -0.15) is 0 Å². The Bertz CT molecular complexity index is 2810. The number of alkyl halides is 1. The molecular formula is C56H49ClO17. The molecule has 0 amide bonds. The number of esters is 5. The maximum Gasteiger partial charge on any atom is 0.338 e. The largest absolute Gasteiger partial charge is 0.497 e. The van der Waals surface area contributed by atoms with E-state index in [1.165, 1.54) is 43.5 Å². The van der Waals surface area contributed by atoms with E-state index in [9.17, 15) is 24.0 Å². The van der Waals surface area contributed by atoms with Crippen molar-refractivity contribution >= 4 is 41.4 Å². The van der Waals surface area contributed by atoms with Gasteiger partial charge in [0.05, 0.1) is 36.0 Å². The van der Waals surface area contributed by atoms with Gasteiger partial charge < -0.3 is 56.8 Å². The Morgan fingerprint density at radius 3 is 1.49 bits per heavy atom. The smallest absolute Gasteiger partial charge is 0.338 e. The van der Waals surface area contributed by atoms with Crippen LogP contribution in [0, 0.1) is 0 Å². The van der Waals surface area contributed by atoms with Crippen molar-refractivity contribution in [3.8, 4) is 11.5 Å². The fourth-order valence-corrected chi connectivity index (χ4v) is 8.53. The minimum absolute atomic E-state index is 0.0921. The average Bonchev–Trinajstić information content (AvgIpc) is 3.45. The molecule has 0 aromatic heterocycles. The molecule has 0 bridgehead atoms. The molecule has 0 aliphatic carbocycles. The molecule has 3 heterocycles. The first kappa shape index (κ1) is 51.3. The lowest BCUT2D eigenvalue weighted by molar-refractivity contribution is -0.381. The fraction of sp³-hybridized carbons (Fsp3) is 0.268. The van der Waals surface area contributed by atoms with Gasteiger partial charge in [0.25, 0.3) is 0 Å². The number of carbonyl (C=O) groups excluding carboxylic acids is 5. The molecule has 382 valence electrons. The number of halogens is 1. The molecule has 0 spiro atoms. The number of carbonyl (C=O) groups is 5. The zero-order valence-electron chi connectivity index (χ0n) is 39.5. The molecule has 1 unspecified atom stereocenters. The second kappa shape index (κ2) is 24.4. The normalized spacial score (nSPS) is 25.2. The molecule has 3 aliphatic rings. The molecule has 6 aromatic rings. The van der Waals surface area contributed by atoms with E-state index in [-0.39, 0.29) is 34.6 Å². The van der Waals surface area contributed by atoms with Crippen LogP contribution >= 0.6 is 11.6 Å². The summed E-state index contributed by atoms with van der Waals surface area (Å²) in [6, 6.07) is 47.5. The molecule has 0 saturated carbocycles. The van der Waals surface area contributed by atoms with Crippen molar-refractivity contribution in [1.82, 2.24) is 0 Å². The van der Waals surface area contributed by atoms with Crippen molar-refractivity contribution in [2.75, 3.05) is 26.2 Å². The molecule has 17 nitrogen and oxygen atoms in total. The number of rotatable bonds is 17. The van der Waals surface area contributed by atoms with E-state index in [2.05, 4.69) is 0 Å². The predicted octanol–water partition coefficient (Wildman–Crippen LogP) is 7.71. The summed E-state index contributed by atoms with van der Waals surface area (Å²) in [5.41, 5.74) is 1.14. The van der Waals surface area contributed by atoms with Crippen LogP contribution < -0.4 is 9.47 Å². The summed E-state index contributed by atoms with van der Waals surface area (Å²) in [4.78, 5) is 70.0.